The van der Waals surface area contributed by atoms with Gasteiger partial charge in [-0.15, -0.1) is 0 Å². The van der Waals surface area contributed by atoms with Crippen LogP contribution in [0.2, 0.25) is 0 Å². The number of fused-ring (bicyclic) bond motifs is 1. The van der Waals surface area contributed by atoms with Crippen LogP contribution in [0.25, 0.3) is 0 Å². The van der Waals surface area contributed by atoms with E-state index < -0.39 is 6.04 Å². The van der Waals surface area contributed by atoms with Gasteiger partial charge in [0.15, 0.2) is 0 Å². The van der Waals surface area contributed by atoms with Crippen molar-refractivity contribution in [1.82, 2.24) is 15.1 Å². The smallest absolute Gasteiger partial charge is 0.319 e. The summed E-state index contributed by atoms with van der Waals surface area (Å²) in [5, 5.41) is 16.2. The maximum absolute atomic E-state index is 14.3. The number of aliphatic hydroxyl groups is 1. The lowest BCUT2D eigenvalue weighted by Crippen LogP contribution is -2.48. The summed E-state index contributed by atoms with van der Waals surface area (Å²) < 4.78 is 12.7. The maximum Gasteiger partial charge on any atom is 0.319 e. The molecule has 1 fully saturated rings. The Morgan fingerprint density at radius 3 is 2.46 bits per heavy atom. The Balaban J connectivity index is 1.58. The van der Waals surface area contributed by atoms with E-state index in [0.29, 0.717) is 35.7 Å². The number of benzene rings is 2. The normalized spacial score (nSPS) is 22.5. The molecule has 10 nitrogen and oxygen atoms in total. The minimum Gasteiger partial charge on any atom is -0.490 e. The third-order valence-corrected chi connectivity index (χ3v) is 9.07. The molecular formula is C36H52N4O6. The van der Waals surface area contributed by atoms with Gasteiger partial charge in [-0.05, 0) is 76.3 Å². The zero-order valence-electron chi connectivity index (χ0n) is 27.9. The van der Waals surface area contributed by atoms with Gasteiger partial charge in [0.05, 0.1) is 30.4 Å². The third kappa shape index (κ3) is 9.93. The summed E-state index contributed by atoms with van der Waals surface area (Å²) in [6, 6.07) is 13.7. The monoisotopic (exact) mass is 636 g/mol. The molecule has 252 valence electrons. The fourth-order valence-corrected chi connectivity index (χ4v) is 6.22. The number of ether oxygens (including phenoxy) is 2. The highest BCUT2D eigenvalue weighted by Gasteiger charge is 2.31. The van der Waals surface area contributed by atoms with E-state index in [0.717, 1.165) is 44.9 Å². The number of rotatable bonds is 7. The van der Waals surface area contributed by atoms with Gasteiger partial charge in [0.2, 0.25) is 0 Å². The van der Waals surface area contributed by atoms with Crippen LogP contribution in [0.3, 0.4) is 0 Å². The Labute approximate surface area is 273 Å². The number of carbonyl (C=O) groups is 3. The standard InChI is InChI=1S/C36H52N4O6/c1-25-22-40(26(2)24-41)35(43)31-21-30(38-36(44)37-29-16-9-6-10-17-29)18-19-32(31)46-27(3)13-11-12-20-45-33(25)23-39(4)34(42)28-14-7-5-8-15-28/h5,7-8,14-15,18-19,21,25-27,29,33,41H,6,9-13,16-17,20,22-24H2,1-4H3,(H2,37,38,44)/t25-,26+,27+,33+/m1/s1. The third-order valence-electron chi connectivity index (χ3n) is 9.07. The van der Waals surface area contributed by atoms with Crippen LogP contribution >= 0.6 is 0 Å². The molecule has 0 aromatic heterocycles. The molecule has 1 aliphatic heterocycles. The first kappa shape index (κ1) is 35.2. The van der Waals surface area contributed by atoms with Crippen LogP contribution in [0.15, 0.2) is 48.5 Å². The second kappa shape index (κ2) is 17.3. The zero-order valence-corrected chi connectivity index (χ0v) is 27.9. The second-order valence-corrected chi connectivity index (χ2v) is 13.0. The lowest BCUT2D eigenvalue weighted by Gasteiger charge is -2.36. The van der Waals surface area contributed by atoms with E-state index in [1.54, 1.807) is 54.1 Å². The number of anilines is 1. The van der Waals surface area contributed by atoms with Gasteiger partial charge in [-0.25, -0.2) is 4.79 Å². The molecule has 2 aromatic rings. The molecule has 0 radical (unpaired) electrons. The van der Waals surface area contributed by atoms with Crippen LogP contribution in [-0.2, 0) is 4.74 Å². The number of amides is 4. The summed E-state index contributed by atoms with van der Waals surface area (Å²) >= 11 is 0. The average Bonchev–Trinajstić information content (AvgIpc) is 3.06. The molecule has 0 unspecified atom stereocenters. The fourth-order valence-electron chi connectivity index (χ4n) is 6.22. The molecule has 4 amide bonds. The van der Waals surface area contributed by atoms with Crippen molar-refractivity contribution >= 4 is 23.5 Å². The molecule has 46 heavy (non-hydrogen) atoms. The lowest BCUT2D eigenvalue weighted by atomic mass is 9.96. The average molecular weight is 637 g/mol. The van der Waals surface area contributed by atoms with Crippen molar-refractivity contribution in [3.8, 4) is 5.75 Å². The van der Waals surface area contributed by atoms with Gasteiger partial charge >= 0.3 is 6.03 Å². The van der Waals surface area contributed by atoms with Gasteiger partial charge in [0, 0.05) is 50.0 Å². The molecule has 10 heteroatoms. The SMILES string of the molecule is C[C@@H]1CN([C@@H](C)CO)C(=O)c2cc(NC(=O)NC3CCCCC3)ccc2O[C@@H](C)CCCCO[C@H]1CN(C)C(=O)c1ccccc1. The number of hydrogen-bond donors (Lipinski definition) is 3. The molecule has 1 aliphatic carbocycles. The first-order chi connectivity index (χ1) is 22.2. The van der Waals surface area contributed by atoms with Gasteiger partial charge in [0.1, 0.15) is 5.75 Å². The van der Waals surface area contributed by atoms with E-state index in [4.69, 9.17) is 9.47 Å². The number of urea groups is 1. The summed E-state index contributed by atoms with van der Waals surface area (Å²) in [6.07, 6.45) is 7.32. The van der Waals surface area contributed by atoms with Crippen molar-refractivity contribution < 1.29 is 29.0 Å². The van der Waals surface area contributed by atoms with Crippen LogP contribution in [0.4, 0.5) is 10.5 Å². The number of carbonyl (C=O) groups excluding carboxylic acids is 3. The number of hydrogen-bond acceptors (Lipinski definition) is 6. The largest absolute Gasteiger partial charge is 0.490 e. The first-order valence-corrected chi connectivity index (χ1v) is 16.9. The van der Waals surface area contributed by atoms with Crippen molar-refractivity contribution in [2.45, 2.75) is 96.4 Å². The Hall–Kier alpha value is -3.63. The van der Waals surface area contributed by atoms with Crippen LogP contribution in [-0.4, -0.2) is 90.4 Å². The molecule has 2 aliphatic rings. The van der Waals surface area contributed by atoms with E-state index in [9.17, 15) is 19.5 Å². The molecule has 1 heterocycles. The van der Waals surface area contributed by atoms with E-state index >= 15 is 0 Å². The molecule has 0 saturated heterocycles. The van der Waals surface area contributed by atoms with Crippen LogP contribution in [0.5, 0.6) is 5.75 Å². The lowest BCUT2D eigenvalue weighted by molar-refractivity contribution is -0.0149. The van der Waals surface area contributed by atoms with E-state index in [-0.39, 0.29) is 55.2 Å². The topological polar surface area (TPSA) is 120 Å². The molecule has 0 spiro atoms. The van der Waals surface area contributed by atoms with Crippen LogP contribution in [0.1, 0.15) is 92.9 Å². The van der Waals surface area contributed by atoms with E-state index in [1.165, 1.54) is 6.42 Å². The number of likely N-dealkylation sites (N-methyl/N-ethyl adjacent to an activating group) is 1. The van der Waals surface area contributed by atoms with Gasteiger partial charge < -0.3 is 35.0 Å². The Morgan fingerprint density at radius 2 is 1.74 bits per heavy atom. The van der Waals surface area contributed by atoms with Crippen molar-refractivity contribution in [2.75, 3.05) is 38.7 Å². The van der Waals surface area contributed by atoms with Gasteiger partial charge in [-0.2, -0.15) is 0 Å². The predicted molar refractivity (Wildman–Crippen MR) is 179 cm³/mol. The maximum atomic E-state index is 14.3. The van der Waals surface area contributed by atoms with Crippen molar-refractivity contribution in [3.05, 3.63) is 59.7 Å². The van der Waals surface area contributed by atoms with E-state index in [1.807, 2.05) is 32.0 Å². The summed E-state index contributed by atoms with van der Waals surface area (Å²) in [4.78, 5) is 43.7. The highest BCUT2D eigenvalue weighted by atomic mass is 16.5. The molecular weight excluding hydrogens is 584 g/mol. The van der Waals surface area contributed by atoms with Crippen molar-refractivity contribution in [1.29, 1.82) is 0 Å². The van der Waals surface area contributed by atoms with Gasteiger partial charge in [-0.3, -0.25) is 9.59 Å². The van der Waals surface area contributed by atoms with Crippen molar-refractivity contribution in [3.63, 3.8) is 0 Å². The predicted octanol–water partition coefficient (Wildman–Crippen LogP) is 5.71. The van der Waals surface area contributed by atoms with Crippen LogP contribution < -0.4 is 15.4 Å². The van der Waals surface area contributed by atoms with E-state index in [2.05, 4.69) is 10.6 Å². The molecule has 0 bridgehead atoms. The molecule has 4 rings (SSSR count). The summed E-state index contributed by atoms with van der Waals surface area (Å²) in [7, 11) is 1.77. The zero-order chi connectivity index (χ0) is 33.1. The molecule has 2 aromatic carbocycles. The Kier molecular flexibility index (Phi) is 13.3. The second-order valence-electron chi connectivity index (χ2n) is 13.0. The fraction of sp³-hybridized carbons (Fsp3) is 0.583. The summed E-state index contributed by atoms with van der Waals surface area (Å²) in [5.41, 5.74) is 1.41. The summed E-state index contributed by atoms with van der Waals surface area (Å²) in [5.74, 6) is -0.134. The highest BCUT2D eigenvalue weighted by Crippen LogP contribution is 2.29. The van der Waals surface area contributed by atoms with Gasteiger partial charge in [-0.1, -0.05) is 44.4 Å². The molecule has 1 saturated carbocycles. The number of aliphatic hydroxyl groups excluding tert-OH is 1. The number of nitrogens with zero attached hydrogens (tertiary/aromatic N) is 2. The summed E-state index contributed by atoms with van der Waals surface area (Å²) in [6.45, 7) is 6.72. The Morgan fingerprint density at radius 1 is 1.02 bits per heavy atom. The van der Waals surface area contributed by atoms with Gasteiger partial charge in [0.25, 0.3) is 11.8 Å². The molecule has 4 atom stereocenters. The Bertz CT molecular complexity index is 1280. The number of nitrogens with one attached hydrogen (secondary N) is 2. The highest BCUT2D eigenvalue weighted by molar-refractivity contribution is 5.99. The molecule has 3 N–H and O–H groups in total. The van der Waals surface area contributed by atoms with Crippen molar-refractivity contribution in [2.24, 2.45) is 5.92 Å². The quantitative estimate of drug-likeness (QED) is 0.358. The minimum atomic E-state index is -0.497. The minimum absolute atomic E-state index is 0.0973. The van der Waals surface area contributed by atoms with Crippen LogP contribution in [0, 0.1) is 5.92 Å². The first-order valence-electron chi connectivity index (χ1n) is 16.9.